The van der Waals surface area contributed by atoms with E-state index < -0.39 is 0 Å². The Balaban J connectivity index is 1.55. The lowest BCUT2D eigenvalue weighted by Crippen LogP contribution is -2.54. The highest BCUT2D eigenvalue weighted by atomic mass is 16.5. The first-order chi connectivity index (χ1) is 12.9. The zero-order valence-electron chi connectivity index (χ0n) is 16.3. The third kappa shape index (κ3) is 4.66. The van der Waals surface area contributed by atoms with Gasteiger partial charge < -0.3 is 19.9 Å². The van der Waals surface area contributed by atoms with Crippen molar-refractivity contribution in [3.8, 4) is 17.1 Å². The number of hydrogen-bond donors (Lipinski definition) is 1. The number of amides is 1. The van der Waals surface area contributed by atoms with Crippen molar-refractivity contribution in [2.45, 2.75) is 46.1 Å². The van der Waals surface area contributed by atoms with E-state index in [1.54, 1.807) is 0 Å². The van der Waals surface area contributed by atoms with Gasteiger partial charge in [0.1, 0.15) is 5.75 Å². The van der Waals surface area contributed by atoms with Crippen LogP contribution in [0.15, 0.2) is 28.8 Å². The van der Waals surface area contributed by atoms with Crippen molar-refractivity contribution in [3.63, 3.8) is 0 Å². The van der Waals surface area contributed by atoms with E-state index in [9.17, 15) is 4.79 Å². The number of likely N-dealkylation sites (tertiary alicyclic amines) is 1. The summed E-state index contributed by atoms with van der Waals surface area (Å²) in [6.07, 6.45) is 1.63. The maximum absolute atomic E-state index is 12.5. The molecule has 2 heterocycles. The van der Waals surface area contributed by atoms with Crippen molar-refractivity contribution in [1.82, 2.24) is 15.0 Å². The van der Waals surface area contributed by atoms with Crippen molar-refractivity contribution in [2.75, 3.05) is 19.7 Å². The minimum Gasteiger partial charge on any atom is -0.494 e. The second kappa shape index (κ2) is 8.08. The van der Waals surface area contributed by atoms with E-state index in [0.29, 0.717) is 44.3 Å². The highest BCUT2D eigenvalue weighted by molar-refractivity contribution is 5.76. The molecule has 146 valence electrons. The molecule has 1 fully saturated rings. The van der Waals surface area contributed by atoms with Crippen LogP contribution in [0.2, 0.25) is 0 Å². The SMILES string of the molecule is CCOc1ccc(-c2noc(CCC(=O)N3CCC(N)C(C)(C)C3)n2)cc1. The smallest absolute Gasteiger partial charge is 0.227 e. The number of carbonyl (C=O) groups excluding carboxylic acids is 1. The molecule has 0 aliphatic carbocycles. The number of nitrogens with zero attached hydrogens (tertiary/aromatic N) is 3. The van der Waals surface area contributed by atoms with E-state index in [1.807, 2.05) is 36.1 Å². The number of aryl methyl sites for hydroxylation is 1. The first-order valence-corrected chi connectivity index (χ1v) is 9.48. The molecule has 7 nitrogen and oxygen atoms in total. The zero-order chi connectivity index (χ0) is 19.4. The Hall–Kier alpha value is -2.41. The molecule has 2 aromatic rings. The molecule has 2 N–H and O–H groups in total. The molecule has 7 heteroatoms. The van der Waals surface area contributed by atoms with Crippen LogP contribution in [0.1, 0.15) is 39.5 Å². The van der Waals surface area contributed by atoms with Gasteiger partial charge in [0.15, 0.2) is 0 Å². The molecule has 1 aromatic carbocycles. The van der Waals surface area contributed by atoms with Crippen molar-refractivity contribution in [2.24, 2.45) is 11.1 Å². The van der Waals surface area contributed by atoms with Crippen molar-refractivity contribution >= 4 is 5.91 Å². The fourth-order valence-corrected chi connectivity index (χ4v) is 3.30. The van der Waals surface area contributed by atoms with Gasteiger partial charge in [0.2, 0.25) is 17.6 Å². The first kappa shape index (κ1) is 19.4. The van der Waals surface area contributed by atoms with E-state index in [-0.39, 0.29) is 17.4 Å². The van der Waals surface area contributed by atoms with Crippen molar-refractivity contribution in [3.05, 3.63) is 30.2 Å². The van der Waals surface area contributed by atoms with Gasteiger partial charge in [-0.1, -0.05) is 19.0 Å². The molecule has 1 amide bonds. The van der Waals surface area contributed by atoms with E-state index in [4.69, 9.17) is 15.0 Å². The topological polar surface area (TPSA) is 94.5 Å². The lowest BCUT2D eigenvalue weighted by atomic mass is 9.79. The summed E-state index contributed by atoms with van der Waals surface area (Å²) in [7, 11) is 0. The molecule has 1 aliphatic heterocycles. The van der Waals surface area contributed by atoms with Gasteiger partial charge in [0, 0.05) is 37.5 Å². The normalized spacial score (nSPS) is 19.1. The van der Waals surface area contributed by atoms with Crippen LogP contribution in [0.5, 0.6) is 5.75 Å². The Bertz CT molecular complexity index is 770. The van der Waals surface area contributed by atoms with Crippen LogP contribution in [-0.4, -0.2) is 46.7 Å². The third-order valence-corrected chi connectivity index (χ3v) is 5.11. The Morgan fingerprint density at radius 3 is 2.78 bits per heavy atom. The fraction of sp³-hybridized carbons (Fsp3) is 0.550. The van der Waals surface area contributed by atoms with E-state index in [2.05, 4.69) is 24.0 Å². The molecule has 1 atom stereocenters. The number of rotatable bonds is 6. The second-order valence-corrected chi connectivity index (χ2v) is 7.67. The van der Waals surface area contributed by atoms with E-state index >= 15 is 0 Å². The Kier molecular flexibility index (Phi) is 5.79. The maximum atomic E-state index is 12.5. The summed E-state index contributed by atoms with van der Waals surface area (Å²) in [6.45, 7) is 8.19. The molecule has 0 spiro atoms. The molecule has 1 saturated heterocycles. The Morgan fingerprint density at radius 2 is 2.11 bits per heavy atom. The first-order valence-electron chi connectivity index (χ1n) is 9.48. The van der Waals surface area contributed by atoms with Crippen molar-refractivity contribution < 1.29 is 14.1 Å². The average molecular weight is 372 g/mol. The summed E-state index contributed by atoms with van der Waals surface area (Å²) in [5.74, 6) is 1.90. The molecule has 1 unspecified atom stereocenters. The van der Waals surface area contributed by atoms with Gasteiger partial charge in [-0.3, -0.25) is 4.79 Å². The zero-order valence-corrected chi connectivity index (χ0v) is 16.3. The molecule has 0 bridgehead atoms. The highest BCUT2D eigenvalue weighted by Gasteiger charge is 2.35. The molecule has 3 rings (SSSR count). The van der Waals surface area contributed by atoms with Gasteiger partial charge in [-0.25, -0.2) is 0 Å². The summed E-state index contributed by atoms with van der Waals surface area (Å²) < 4.78 is 10.7. The lowest BCUT2D eigenvalue weighted by molar-refractivity contribution is -0.134. The summed E-state index contributed by atoms with van der Waals surface area (Å²) in [4.78, 5) is 18.8. The van der Waals surface area contributed by atoms with Gasteiger partial charge in [-0.05, 0) is 43.0 Å². The van der Waals surface area contributed by atoms with Gasteiger partial charge >= 0.3 is 0 Å². The van der Waals surface area contributed by atoms with Crippen LogP contribution in [0.3, 0.4) is 0 Å². The van der Waals surface area contributed by atoms with Gasteiger partial charge in [0.05, 0.1) is 6.61 Å². The monoisotopic (exact) mass is 372 g/mol. The van der Waals surface area contributed by atoms with Crippen LogP contribution in [-0.2, 0) is 11.2 Å². The molecular weight excluding hydrogens is 344 g/mol. The summed E-state index contributed by atoms with van der Waals surface area (Å²) >= 11 is 0. The summed E-state index contributed by atoms with van der Waals surface area (Å²) in [5, 5.41) is 4.02. The highest BCUT2D eigenvalue weighted by Crippen LogP contribution is 2.28. The number of nitrogens with two attached hydrogens (primary N) is 1. The number of carbonyl (C=O) groups is 1. The number of aromatic nitrogens is 2. The number of benzene rings is 1. The molecule has 1 aliphatic rings. The third-order valence-electron chi connectivity index (χ3n) is 5.11. The number of piperidine rings is 1. The second-order valence-electron chi connectivity index (χ2n) is 7.67. The predicted octanol–water partition coefficient (Wildman–Crippen LogP) is 2.65. The van der Waals surface area contributed by atoms with Crippen LogP contribution >= 0.6 is 0 Å². The minimum absolute atomic E-state index is 0.0563. The quantitative estimate of drug-likeness (QED) is 0.838. The van der Waals surface area contributed by atoms with Gasteiger partial charge in [0.25, 0.3) is 0 Å². The molecule has 1 aromatic heterocycles. The predicted molar refractivity (Wildman–Crippen MR) is 102 cm³/mol. The van der Waals surface area contributed by atoms with Gasteiger partial charge in [-0.15, -0.1) is 0 Å². The standard InChI is InChI=1S/C20H28N4O3/c1-4-26-15-7-5-14(6-8-15)19-22-17(27-23-19)9-10-18(25)24-12-11-16(21)20(2,3)13-24/h5-8,16H,4,9-13,21H2,1-3H3. The fourth-order valence-electron chi connectivity index (χ4n) is 3.30. The maximum Gasteiger partial charge on any atom is 0.227 e. The van der Waals surface area contributed by atoms with Crippen LogP contribution in [0, 0.1) is 5.41 Å². The Labute approximate surface area is 159 Å². The minimum atomic E-state index is -0.0563. The molecular formula is C20H28N4O3. The molecule has 0 saturated carbocycles. The van der Waals surface area contributed by atoms with E-state index in [1.165, 1.54) is 0 Å². The van der Waals surface area contributed by atoms with Crippen LogP contribution in [0.25, 0.3) is 11.4 Å². The van der Waals surface area contributed by atoms with Crippen LogP contribution in [0.4, 0.5) is 0 Å². The average Bonchev–Trinajstić information content (AvgIpc) is 3.12. The molecule has 27 heavy (non-hydrogen) atoms. The van der Waals surface area contributed by atoms with Crippen molar-refractivity contribution in [1.29, 1.82) is 0 Å². The summed E-state index contributed by atoms with van der Waals surface area (Å²) in [6, 6.07) is 7.67. The largest absolute Gasteiger partial charge is 0.494 e. The summed E-state index contributed by atoms with van der Waals surface area (Å²) in [5.41, 5.74) is 6.94. The number of hydrogen-bond acceptors (Lipinski definition) is 6. The lowest BCUT2D eigenvalue weighted by Gasteiger charge is -2.42. The number of ether oxygens (including phenoxy) is 1. The van der Waals surface area contributed by atoms with E-state index in [0.717, 1.165) is 17.7 Å². The van der Waals surface area contributed by atoms with Crippen LogP contribution < -0.4 is 10.5 Å². The van der Waals surface area contributed by atoms with Gasteiger partial charge in [-0.2, -0.15) is 4.98 Å². The molecule has 0 radical (unpaired) electrons. The Morgan fingerprint density at radius 1 is 1.37 bits per heavy atom.